The molecule has 0 unspecified atom stereocenters. The molecule has 0 bridgehead atoms. The molecule has 5 heteroatoms. The van der Waals surface area contributed by atoms with Crippen LogP contribution in [0.5, 0.6) is 11.5 Å². The average Bonchev–Trinajstić information content (AvgIpc) is 2.68. The number of para-hydroxylation sites is 1. The number of carbonyl (C=O) groups excluding carboxylic acids is 1. The van der Waals surface area contributed by atoms with Gasteiger partial charge in [-0.3, -0.25) is 9.69 Å². The van der Waals surface area contributed by atoms with Gasteiger partial charge in [0.25, 0.3) is 5.91 Å². The van der Waals surface area contributed by atoms with Gasteiger partial charge in [-0.15, -0.1) is 0 Å². The van der Waals surface area contributed by atoms with E-state index in [4.69, 9.17) is 9.47 Å². The molecule has 0 atom stereocenters. The van der Waals surface area contributed by atoms with Crippen LogP contribution in [0.2, 0.25) is 0 Å². The number of hydrogen-bond donors (Lipinski definition) is 0. The summed E-state index contributed by atoms with van der Waals surface area (Å²) in [6, 6.07) is 15.9. The van der Waals surface area contributed by atoms with E-state index >= 15 is 0 Å². The van der Waals surface area contributed by atoms with Crippen LogP contribution in [0.3, 0.4) is 0 Å². The molecule has 0 aliphatic carbocycles. The Balaban J connectivity index is 1.45. The first-order valence-corrected chi connectivity index (χ1v) is 8.97. The standard InChI is InChI=1S/C21H26N2O3/c1-17-6-3-4-9-20(17)26-16-21(24)23-12-10-22(11-13-23)15-18-7-5-8-19(14-18)25-2/h3-9,14H,10-13,15-16H2,1-2H3. The molecular formula is C21H26N2O3. The van der Waals surface area contributed by atoms with Crippen LogP contribution in [0.4, 0.5) is 0 Å². The monoisotopic (exact) mass is 354 g/mol. The molecule has 0 saturated carbocycles. The van der Waals surface area contributed by atoms with Gasteiger partial charge in [0.1, 0.15) is 11.5 Å². The van der Waals surface area contributed by atoms with Crippen molar-refractivity contribution in [2.75, 3.05) is 39.9 Å². The highest BCUT2D eigenvalue weighted by Crippen LogP contribution is 2.17. The van der Waals surface area contributed by atoms with Crippen LogP contribution < -0.4 is 9.47 Å². The molecule has 2 aromatic carbocycles. The Hall–Kier alpha value is -2.53. The largest absolute Gasteiger partial charge is 0.497 e. The molecule has 2 aromatic rings. The van der Waals surface area contributed by atoms with Gasteiger partial charge in [0.15, 0.2) is 6.61 Å². The number of piperazine rings is 1. The van der Waals surface area contributed by atoms with Gasteiger partial charge in [-0.05, 0) is 36.2 Å². The number of ether oxygens (including phenoxy) is 2. The van der Waals surface area contributed by atoms with E-state index < -0.39 is 0 Å². The van der Waals surface area contributed by atoms with E-state index in [1.165, 1.54) is 5.56 Å². The smallest absolute Gasteiger partial charge is 0.260 e. The van der Waals surface area contributed by atoms with E-state index in [0.717, 1.165) is 49.8 Å². The molecule has 1 fully saturated rings. The van der Waals surface area contributed by atoms with Gasteiger partial charge in [-0.2, -0.15) is 0 Å². The van der Waals surface area contributed by atoms with Crippen LogP contribution in [-0.2, 0) is 11.3 Å². The van der Waals surface area contributed by atoms with E-state index in [2.05, 4.69) is 17.0 Å². The first-order valence-electron chi connectivity index (χ1n) is 8.97. The number of aryl methyl sites for hydroxylation is 1. The van der Waals surface area contributed by atoms with Gasteiger partial charge in [0.05, 0.1) is 7.11 Å². The van der Waals surface area contributed by atoms with Crippen molar-refractivity contribution in [3.05, 3.63) is 59.7 Å². The van der Waals surface area contributed by atoms with Crippen LogP contribution in [0, 0.1) is 6.92 Å². The summed E-state index contributed by atoms with van der Waals surface area (Å²) in [5, 5.41) is 0. The summed E-state index contributed by atoms with van der Waals surface area (Å²) in [7, 11) is 1.68. The van der Waals surface area contributed by atoms with Crippen molar-refractivity contribution in [2.45, 2.75) is 13.5 Å². The van der Waals surface area contributed by atoms with Gasteiger partial charge in [0, 0.05) is 32.7 Å². The third-order valence-electron chi connectivity index (χ3n) is 4.71. The van der Waals surface area contributed by atoms with Crippen molar-refractivity contribution in [1.82, 2.24) is 9.80 Å². The minimum atomic E-state index is 0.0503. The summed E-state index contributed by atoms with van der Waals surface area (Å²) >= 11 is 0. The predicted molar refractivity (Wildman–Crippen MR) is 102 cm³/mol. The van der Waals surface area contributed by atoms with Crippen LogP contribution in [0.15, 0.2) is 48.5 Å². The molecule has 3 rings (SSSR count). The van der Waals surface area contributed by atoms with Crippen LogP contribution in [-0.4, -0.2) is 55.6 Å². The fourth-order valence-electron chi connectivity index (χ4n) is 3.13. The Morgan fingerprint density at radius 1 is 1.04 bits per heavy atom. The quantitative estimate of drug-likeness (QED) is 0.800. The van der Waals surface area contributed by atoms with Crippen molar-refractivity contribution in [3.8, 4) is 11.5 Å². The number of nitrogens with zero attached hydrogens (tertiary/aromatic N) is 2. The lowest BCUT2D eigenvalue weighted by molar-refractivity contribution is -0.135. The average molecular weight is 354 g/mol. The molecule has 138 valence electrons. The van der Waals surface area contributed by atoms with Crippen LogP contribution >= 0.6 is 0 Å². The maximum atomic E-state index is 12.4. The van der Waals surface area contributed by atoms with Crippen molar-refractivity contribution in [2.24, 2.45) is 0 Å². The molecule has 26 heavy (non-hydrogen) atoms. The molecule has 0 radical (unpaired) electrons. The number of amides is 1. The maximum absolute atomic E-state index is 12.4. The summed E-state index contributed by atoms with van der Waals surface area (Å²) in [4.78, 5) is 16.6. The summed E-state index contributed by atoms with van der Waals surface area (Å²) in [6.07, 6.45) is 0. The lowest BCUT2D eigenvalue weighted by Crippen LogP contribution is -2.49. The van der Waals surface area contributed by atoms with Gasteiger partial charge in [0.2, 0.25) is 0 Å². The molecule has 5 nitrogen and oxygen atoms in total. The summed E-state index contributed by atoms with van der Waals surface area (Å²) in [5.41, 5.74) is 2.27. The maximum Gasteiger partial charge on any atom is 0.260 e. The molecular weight excluding hydrogens is 328 g/mol. The third kappa shape index (κ3) is 4.76. The lowest BCUT2D eigenvalue weighted by Gasteiger charge is -2.34. The highest BCUT2D eigenvalue weighted by Gasteiger charge is 2.21. The SMILES string of the molecule is COc1cccc(CN2CCN(C(=O)COc3ccccc3C)CC2)c1. The molecule has 1 amide bonds. The number of methoxy groups -OCH3 is 1. The van der Waals surface area contributed by atoms with Gasteiger partial charge >= 0.3 is 0 Å². The first-order chi connectivity index (χ1) is 12.7. The van der Waals surface area contributed by atoms with Crippen LogP contribution in [0.25, 0.3) is 0 Å². The number of rotatable bonds is 6. The van der Waals surface area contributed by atoms with Crippen molar-refractivity contribution in [3.63, 3.8) is 0 Å². The second-order valence-corrected chi connectivity index (χ2v) is 6.56. The minimum absolute atomic E-state index is 0.0503. The summed E-state index contributed by atoms with van der Waals surface area (Å²) in [5.74, 6) is 1.71. The highest BCUT2D eigenvalue weighted by atomic mass is 16.5. The van der Waals surface area contributed by atoms with Gasteiger partial charge in [-0.1, -0.05) is 30.3 Å². The van der Waals surface area contributed by atoms with Gasteiger partial charge in [-0.25, -0.2) is 0 Å². The zero-order valence-electron chi connectivity index (χ0n) is 15.5. The normalized spacial score (nSPS) is 14.9. The zero-order valence-corrected chi connectivity index (χ0v) is 15.5. The van der Waals surface area contributed by atoms with Crippen molar-refractivity contribution < 1.29 is 14.3 Å². The summed E-state index contributed by atoms with van der Waals surface area (Å²) in [6.45, 7) is 6.16. The van der Waals surface area contributed by atoms with E-state index in [-0.39, 0.29) is 12.5 Å². The Bertz CT molecular complexity index is 740. The van der Waals surface area contributed by atoms with Crippen molar-refractivity contribution in [1.29, 1.82) is 0 Å². The first kappa shape index (κ1) is 18.3. The second-order valence-electron chi connectivity index (χ2n) is 6.56. The van der Waals surface area contributed by atoms with Crippen LogP contribution in [0.1, 0.15) is 11.1 Å². The Morgan fingerprint density at radius 2 is 1.81 bits per heavy atom. The molecule has 0 spiro atoms. The molecule has 1 aliphatic rings. The molecule has 1 aliphatic heterocycles. The molecule has 0 aromatic heterocycles. The molecule has 1 saturated heterocycles. The Labute approximate surface area is 155 Å². The molecule has 0 N–H and O–H groups in total. The highest BCUT2D eigenvalue weighted by molar-refractivity contribution is 5.78. The Morgan fingerprint density at radius 3 is 2.54 bits per heavy atom. The second kappa shape index (κ2) is 8.72. The van der Waals surface area contributed by atoms with E-state index in [0.29, 0.717) is 0 Å². The van der Waals surface area contributed by atoms with Gasteiger partial charge < -0.3 is 14.4 Å². The fraction of sp³-hybridized carbons (Fsp3) is 0.381. The van der Waals surface area contributed by atoms with Crippen molar-refractivity contribution >= 4 is 5.91 Å². The van der Waals surface area contributed by atoms with E-state index in [1.807, 2.05) is 48.2 Å². The Kier molecular flexibility index (Phi) is 6.12. The third-order valence-corrected chi connectivity index (χ3v) is 4.71. The van der Waals surface area contributed by atoms with E-state index in [9.17, 15) is 4.79 Å². The molecule has 1 heterocycles. The summed E-state index contributed by atoms with van der Waals surface area (Å²) < 4.78 is 11.0. The number of benzene rings is 2. The topological polar surface area (TPSA) is 42.0 Å². The fourth-order valence-corrected chi connectivity index (χ4v) is 3.13. The minimum Gasteiger partial charge on any atom is -0.497 e. The predicted octanol–water partition coefficient (Wildman–Crippen LogP) is 2.73. The lowest BCUT2D eigenvalue weighted by atomic mass is 10.2. The van der Waals surface area contributed by atoms with E-state index in [1.54, 1.807) is 7.11 Å². The number of hydrogen-bond acceptors (Lipinski definition) is 4. The zero-order chi connectivity index (χ0) is 18.4. The number of carbonyl (C=O) groups is 1.